The maximum absolute atomic E-state index is 13.6. The number of esters is 1. The van der Waals surface area contributed by atoms with Gasteiger partial charge in [0, 0.05) is 8.95 Å². The zero-order chi connectivity index (χ0) is 17.5. The van der Waals surface area contributed by atoms with Crippen LogP contribution >= 0.6 is 31.9 Å². The summed E-state index contributed by atoms with van der Waals surface area (Å²) in [6.07, 6.45) is 0. The molecule has 0 saturated heterocycles. The molecule has 0 saturated carbocycles. The second-order valence-electron chi connectivity index (χ2n) is 4.58. The van der Waals surface area contributed by atoms with Gasteiger partial charge >= 0.3 is 5.97 Å². The lowest BCUT2D eigenvalue weighted by Gasteiger charge is -2.09. The van der Waals surface area contributed by atoms with Gasteiger partial charge in [0.2, 0.25) is 0 Å². The highest BCUT2D eigenvalue weighted by Gasteiger charge is 2.11. The predicted octanol–water partition coefficient (Wildman–Crippen LogP) is 3.91. The Labute approximate surface area is 154 Å². The van der Waals surface area contributed by atoms with Crippen LogP contribution in [0.4, 0.5) is 10.1 Å². The van der Waals surface area contributed by atoms with Gasteiger partial charge in [-0.1, -0.05) is 37.9 Å². The van der Waals surface area contributed by atoms with Crippen molar-refractivity contribution in [1.29, 1.82) is 0 Å². The van der Waals surface area contributed by atoms with E-state index in [-0.39, 0.29) is 12.3 Å². The molecular weight excluding hydrogens is 449 g/mol. The van der Waals surface area contributed by atoms with Crippen molar-refractivity contribution in [3.05, 3.63) is 57.2 Å². The number of anilines is 1. The highest BCUT2D eigenvalue weighted by molar-refractivity contribution is 9.10. The van der Waals surface area contributed by atoms with Gasteiger partial charge in [-0.3, -0.25) is 4.79 Å². The zero-order valence-corrected chi connectivity index (χ0v) is 15.4. The van der Waals surface area contributed by atoms with E-state index in [0.29, 0.717) is 10.2 Å². The Hall–Kier alpha value is -1.93. The van der Waals surface area contributed by atoms with Gasteiger partial charge in [0.1, 0.15) is 11.6 Å². The molecule has 0 bridgehead atoms. The smallest absolute Gasteiger partial charge is 0.344 e. The van der Waals surface area contributed by atoms with Crippen molar-refractivity contribution < 1.29 is 23.5 Å². The van der Waals surface area contributed by atoms with E-state index in [1.54, 1.807) is 24.3 Å². The highest BCUT2D eigenvalue weighted by Crippen LogP contribution is 2.19. The van der Waals surface area contributed by atoms with Crippen LogP contribution in [0, 0.1) is 5.82 Å². The molecular formula is C16H12Br2FNO4. The first-order valence-corrected chi connectivity index (χ1v) is 8.31. The average Bonchev–Trinajstić information content (AvgIpc) is 2.54. The summed E-state index contributed by atoms with van der Waals surface area (Å²) >= 11 is 6.39. The third-order valence-electron chi connectivity index (χ3n) is 2.72. The minimum Gasteiger partial charge on any atom is -0.482 e. The van der Waals surface area contributed by atoms with E-state index >= 15 is 0 Å². The number of benzene rings is 2. The molecule has 2 aromatic carbocycles. The van der Waals surface area contributed by atoms with Crippen molar-refractivity contribution in [2.45, 2.75) is 0 Å². The summed E-state index contributed by atoms with van der Waals surface area (Å²) < 4.78 is 24.9. The Kier molecular flexibility index (Phi) is 6.74. The van der Waals surface area contributed by atoms with Gasteiger partial charge in [-0.2, -0.15) is 0 Å². The van der Waals surface area contributed by atoms with Gasteiger partial charge in [-0.15, -0.1) is 0 Å². The normalized spacial score (nSPS) is 10.1. The third-order valence-corrected chi connectivity index (χ3v) is 3.71. The lowest BCUT2D eigenvalue weighted by atomic mass is 10.3. The van der Waals surface area contributed by atoms with Crippen molar-refractivity contribution in [2.75, 3.05) is 18.5 Å². The molecule has 0 heterocycles. The van der Waals surface area contributed by atoms with Crippen molar-refractivity contribution >= 4 is 49.4 Å². The quantitative estimate of drug-likeness (QED) is 0.663. The first-order valence-electron chi connectivity index (χ1n) is 6.73. The molecule has 0 fully saturated rings. The van der Waals surface area contributed by atoms with Crippen LogP contribution in [0.15, 0.2) is 51.4 Å². The number of rotatable bonds is 6. The topological polar surface area (TPSA) is 64.6 Å². The Bertz CT molecular complexity index is 755. The largest absolute Gasteiger partial charge is 0.482 e. The number of halogens is 3. The van der Waals surface area contributed by atoms with Crippen LogP contribution in [0.1, 0.15) is 0 Å². The number of carbonyl (C=O) groups excluding carboxylic acids is 2. The van der Waals surface area contributed by atoms with Gasteiger partial charge in [-0.25, -0.2) is 9.18 Å². The summed E-state index contributed by atoms with van der Waals surface area (Å²) in [6.45, 7) is -0.868. The summed E-state index contributed by atoms with van der Waals surface area (Å²) in [5, 5.41) is 2.32. The number of hydrogen-bond donors (Lipinski definition) is 1. The molecule has 2 aromatic rings. The molecule has 1 amide bonds. The molecule has 24 heavy (non-hydrogen) atoms. The molecule has 0 aromatic heterocycles. The molecule has 1 N–H and O–H groups in total. The summed E-state index contributed by atoms with van der Waals surface area (Å²) in [5.74, 6) is -1.46. The fraction of sp³-hybridized carbons (Fsp3) is 0.125. The predicted molar refractivity (Wildman–Crippen MR) is 93.3 cm³/mol. The van der Waals surface area contributed by atoms with E-state index in [1.807, 2.05) is 6.07 Å². The number of hydrogen-bond acceptors (Lipinski definition) is 4. The molecule has 8 heteroatoms. The lowest BCUT2D eigenvalue weighted by Crippen LogP contribution is -2.24. The molecule has 0 aliphatic carbocycles. The van der Waals surface area contributed by atoms with Gasteiger partial charge in [0.25, 0.3) is 5.91 Å². The number of ether oxygens (including phenoxy) is 2. The molecule has 0 aliphatic rings. The van der Waals surface area contributed by atoms with Crippen molar-refractivity contribution in [3.63, 3.8) is 0 Å². The van der Waals surface area contributed by atoms with E-state index in [1.165, 1.54) is 12.1 Å². The maximum atomic E-state index is 13.6. The van der Waals surface area contributed by atoms with E-state index in [0.717, 1.165) is 4.47 Å². The summed E-state index contributed by atoms with van der Waals surface area (Å²) in [5.41, 5.74) is 0.00429. The van der Waals surface area contributed by atoms with Crippen LogP contribution in [-0.2, 0) is 14.3 Å². The van der Waals surface area contributed by atoms with Crippen molar-refractivity contribution in [3.8, 4) is 5.75 Å². The van der Waals surface area contributed by atoms with E-state index in [2.05, 4.69) is 37.2 Å². The van der Waals surface area contributed by atoms with Crippen LogP contribution in [-0.4, -0.2) is 25.1 Å². The molecule has 0 spiro atoms. The molecule has 0 radical (unpaired) electrons. The van der Waals surface area contributed by atoms with Gasteiger partial charge < -0.3 is 14.8 Å². The van der Waals surface area contributed by atoms with Gasteiger partial charge in [0.05, 0.1) is 5.69 Å². The standard InChI is InChI=1S/C16H12Br2FNO4/c17-10-2-1-3-12(6-10)23-9-16(22)24-8-15(21)20-14-5-4-11(18)7-13(14)19/h1-7H,8-9H2,(H,20,21). The SMILES string of the molecule is O=C(COC(=O)COc1cccc(Br)c1)Nc1ccc(Br)cc1F. The first-order chi connectivity index (χ1) is 11.4. The Morgan fingerprint density at radius 3 is 2.50 bits per heavy atom. The molecule has 2 rings (SSSR count). The fourth-order valence-corrected chi connectivity index (χ4v) is 2.38. The Morgan fingerprint density at radius 2 is 1.79 bits per heavy atom. The van der Waals surface area contributed by atoms with E-state index in [4.69, 9.17) is 9.47 Å². The number of amides is 1. The Morgan fingerprint density at radius 1 is 1.04 bits per heavy atom. The fourth-order valence-electron chi connectivity index (χ4n) is 1.66. The second kappa shape index (κ2) is 8.79. The lowest BCUT2D eigenvalue weighted by molar-refractivity contribution is -0.149. The summed E-state index contributed by atoms with van der Waals surface area (Å²) in [6, 6.07) is 11.1. The van der Waals surface area contributed by atoms with Crippen LogP contribution in [0.2, 0.25) is 0 Å². The van der Waals surface area contributed by atoms with E-state index in [9.17, 15) is 14.0 Å². The van der Waals surface area contributed by atoms with E-state index < -0.39 is 24.3 Å². The van der Waals surface area contributed by atoms with Gasteiger partial charge in [0.15, 0.2) is 13.2 Å². The van der Waals surface area contributed by atoms with Crippen LogP contribution in [0.25, 0.3) is 0 Å². The molecule has 0 unspecified atom stereocenters. The zero-order valence-electron chi connectivity index (χ0n) is 12.2. The summed E-state index contributed by atoms with van der Waals surface area (Å²) in [7, 11) is 0. The number of carbonyl (C=O) groups is 2. The van der Waals surface area contributed by atoms with Crippen molar-refractivity contribution in [1.82, 2.24) is 0 Å². The van der Waals surface area contributed by atoms with Crippen molar-refractivity contribution in [2.24, 2.45) is 0 Å². The average molecular weight is 461 g/mol. The number of nitrogens with one attached hydrogen (secondary N) is 1. The molecule has 126 valence electrons. The summed E-state index contributed by atoms with van der Waals surface area (Å²) in [4.78, 5) is 23.2. The van der Waals surface area contributed by atoms with Gasteiger partial charge in [-0.05, 0) is 36.4 Å². The molecule has 0 aliphatic heterocycles. The minimum absolute atomic E-state index is 0.00429. The molecule has 0 atom stereocenters. The van der Waals surface area contributed by atoms with Crippen LogP contribution in [0.5, 0.6) is 5.75 Å². The third kappa shape index (κ3) is 5.93. The Balaban J connectivity index is 1.75. The minimum atomic E-state index is -0.707. The van der Waals surface area contributed by atoms with Crippen LogP contribution in [0.3, 0.4) is 0 Å². The second-order valence-corrected chi connectivity index (χ2v) is 6.41. The monoisotopic (exact) mass is 459 g/mol. The molecule has 5 nitrogen and oxygen atoms in total. The van der Waals surface area contributed by atoms with Crippen LogP contribution < -0.4 is 10.1 Å². The maximum Gasteiger partial charge on any atom is 0.344 e. The highest BCUT2D eigenvalue weighted by atomic mass is 79.9. The first kappa shape index (κ1) is 18.4.